The van der Waals surface area contributed by atoms with E-state index in [4.69, 9.17) is 5.84 Å². The number of aromatic nitrogens is 2. The lowest BCUT2D eigenvalue weighted by Crippen LogP contribution is -2.20. The van der Waals surface area contributed by atoms with Crippen molar-refractivity contribution in [3.63, 3.8) is 0 Å². The number of anilines is 2. The molecule has 0 aromatic carbocycles. The third-order valence-electron chi connectivity index (χ3n) is 3.19. The lowest BCUT2D eigenvalue weighted by atomic mass is 10.1. The standard InChI is InChI=1S/C12H21N5/c1-9-14-11(8-12(15-9)17-13)16-10-6-4-2-3-5-7-10/h8,10H,2-7,13H2,1H3,(H2,14,15,16,17). The maximum Gasteiger partial charge on any atom is 0.145 e. The first-order chi connectivity index (χ1) is 8.28. The van der Waals surface area contributed by atoms with Gasteiger partial charge in [0, 0.05) is 12.1 Å². The lowest BCUT2D eigenvalue weighted by molar-refractivity contribution is 0.617. The fourth-order valence-corrected chi connectivity index (χ4v) is 2.35. The average Bonchev–Trinajstić information content (AvgIpc) is 2.57. The fraction of sp³-hybridized carbons (Fsp3) is 0.667. The van der Waals surface area contributed by atoms with Gasteiger partial charge in [-0.05, 0) is 19.8 Å². The van der Waals surface area contributed by atoms with Gasteiger partial charge in [-0.1, -0.05) is 25.7 Å². The van der Waals surface area contributed by atoms with Gasteiger partial charge in [-0.15, -0.1) is 0 Å². The number of hydrazine groups is 1. The van der Waals surface area contributed by atoms with E-state index in [2.05, 4.69) is 20.7 Å². The second-order valence-electron chi connectivity index (χ2n) is 4.66. The summed E-state index contributed by atoms with van der Waals surface area (Å²) in [6.45, 7) is 1.87. The topological polar surface area (TPSA) is 75.9 Å². The SMILES string of the molecule is Cc1nc(NN)cc(NC2CCCCCC2)n1. The van der Waals surface area contributed by atoms with Crippen LogP contribution in [0.4, 0.5) is 11.6 Å². The Morgan fingerprint density at radius 3 is 2.41 bits per heavy atom. The van der Waals surface area contributed by atoms with Crippen molar-refractivity contribution in [3.8, 4) is 0 Å². The van der Waals surface area contributed by atoms with E-state index in [-0.39, 0.29) is 0 Å². The Morgan fingerprint density at radius 2 is 1.76 bits per heavy atom. The van der Waals surface area contributed by atoms with Crippen molar-refractivity contribution in [2.45, 2.75) is 51.5 Å². The van der Waals surface area contributed by atoms with Gasteiger partial charge in [-0.25, -0.2) is 15.8 Å². The summed E-state index contributed by atoms with van der Waals surface area (Å²) in [5, 5.41) is 3.49. The van der Waals surface area contributed by atoms with Crippen LogP contribution in [0.2, 0.25) is 0 Å². The molecule has 0 amide bonds. The number of nitrogens with two attached hydrogens (primary N) is 1. The van der Waals surface area contributed by atoms with Crippen molar-refractivity contribution >= 4 is 11.6 Å². The number of nitrogen functional groups attached to an aromatic ring is 1. The molecule has 2 rings (SSSR count). The first-order valence-electron chi connectivity index (χ1n) is 6.37. The van der Waals surface area contributed by atoms with Crippen molar-refractivity contribution in [2.24, 2.45) is 5.84 Å². The average molecular weight is 235 g/mol. The molecule has 0 atom stereocenters. The van der Waals surface area contributed by atoms with E-state index in [9.17, 15) is 0 Å². The van der Waals surface area contributed by atoms with E-state index < -0.39 is 0 Å². The van der Waals surface area contributed by atoms with Gasteiger partial charge in [-0.3, -0.25) is 0 Å². The highest BCUT2D eigenvalue weighted by Gasteiger charge is 2.12. The minimum absolute atomic E-state index is 0.539. The molecule has 17 heavy (non-hydrogen) atoms. The van der Waals surface area contributed by atoms with Crippen LogP contribution in [0.1, 0.15) is 44.3 Å². The van der Waals surface area contributed by atoms with E-state index >= 15 is 0 Å². The van der Waals surface area contributed by atoms with E-state index in [0.29, 0.717) is 11.9 Å². The molecule has 5 heteroatoms. The Morgan fingerprint density at radius 1 is 1.12 bits per heavy atom. The molecule has 0 spiro atoms. The Bertz CT molecular complexity index is 358. The maximum absolute atomic E-state index is 5.38. The molecule has 1 heterocycles. The first kappa shape index (κ1) is 12.1. The van der Waals surface area contributed by atoms with Crippen molar-refractivity contribution in [3.05, 3.63) is 11.9 Å². The fourth-order valence-electron chi connectivity index (χ4n) is 2.35. The molecule has 4 N–H and O–H groups in total. The summed E-state index contributed by atoms with van der Waals surface area (Å²) in [4.78, 5) is 8.57. The molecule has 0 aliphatic heterocycles. The predicted octanol–water partition coefficient (Wildman–Crippen LogP) is 2.21. The highest BCUT2D eigenvalue weighted by atomic mass is 15.3. The minimum atomic E-state index is 0.539. The predicted molar refractivity (Wildman–Crippen MR) is 69.7 cm³/mol. The summed E-state index contributed by atoms with van der Waals surface area (Å²) < 4.78 is 0. The molecular weight excluding hydrogens is 214 g/mol. The van der Waals surface area contributed by atoms with E-state index in [1.807, 2.05) is 13.0 Å². The molecule has 0 unspecified atom stereocenters. The van der Waals surface area contributed by atoms with E-state index in [1.165, 1.54) is 38.5 Å². The van der Waals surface area contributed by atoms with Crippen LogP contribution in [0.3, 0.4) is 0 Å². The van der Waals surface area contributed by atoms with Crippen LogP contribution in [0.5, 0.6) is 0 Å². The number of rotatable bonds is 3. The zero-order valence-electron chi connectivity index (χ0n) is 10.4. The van der Waals surface area contributed by atoms with Gasteiger partial charge in [0.1, 0.15) is 17.5 Å². The monoisotopic (exact) mass is 235 g/mol. The molecule has 94 valence electrons. The van der Waals surface area contributed by atoms with Gasteiger partial charge in [0.05, 0.1) is 0 Å². The van der Waals surface area contributed by atoms with Crippen LogP contribution < -0.4 is 16.6 Å². The Hall–Kier alpha value is -1.36. The van der Waals surface area contributed by atoms with Gasteiger partial charge in [0.15, 0.2) is 0 Å². The molecule has 1 saturated carbocycles. The van der Waals surface area contributed by atoms with Crippen LogP contribution in [0.15, 0.2) is 6.07 Å². The van der Waals surface area contributed by atoms with Gasteiger partial charge in [-0.2, -0.15) is 0 Å². The molecule has 1 aliphatic rings. The third kappa shape index (κ3) is 3.56. The van der Waals surface area contributed by atoms with E-state index in [0.717, 1.165) is 11.6 Å². The van der Waals surface area contributed by atoms with Crippen molar-refractivity contribution in [1.82, 2.24) is 9.97 Å². The van der Waals surface area contributed by atoms with Gasteiger partial charge in [0.2, 0.25) is 0 Å². The second-order valence-corrected chi connectivity index (χ2v) is 4.66. The highest BCUT2D eigenvalue weighted by Crippen LogP contribution is 2.21. The molecule has 1 fully saturated rings. The summed E-state index contributed by atoms with van der Waals surface area (Å²) in [7, 11) is 0. The summed E-state index contributed by atoms with van der Waals surface area (Å²) in [5.74, 6) is 7.64. The van der Waals surface area contributed by atoms with Crippen molar-refractivity contribution in [1.29, 1.82) is 0 Å². The maximum atomic E-state index is 5.38. The first-order valence-corrected chi connectivity index (χ1v) is 6.37. The van der Waals surface area contributed by atoms with E-state index in [1.54, 1.807) is 0 Å². The summed E-state index contributed by atoms with van der Waals surface area (Å²) in [6.07, 6.45) is 7.80. The molecule has 1 aromatic heterocycles. The molecule has 1 aromatic rings. The van der Waals surface area contributed by atoms with Crippen LogP contribution >= 0.6 is 0 Å². The lowest BCUT2D eigenvalue weighted by Gasteiger charge is -2.17. The number of nitrogens with zero attached hydrogens (tertiary/aromatic N) is 2. The van der Waals surface area contributed by atoms with Crippen LogP contribution in [0, 0.1) is 6.92 Å². The van der Waals surface area contributed by atoms with Crippen molar-refractivity contribution in [2.75, 3.05) is 10.7 Å². The molecule has 0 radical (unpaired) electrons. The molecular formula is C12H21N5. The highest BCUT2D eigenvalue weighted by molar-refractivity contribution is 5.47. The second kappa shape index (κ2) is 5.82. The quantitative estimate of drug-likeness (QED) is 0.425. The normalized spacial score (nSPS) is 17.5. The Kier molecular flexibility index (Phi) is 4.14. The van der Waals surface area contributed by atoms with Gasteiger partial charge >= 0.3 is 0 Å². The number of aryl methyl sites for hydroxylation is 1. The third-order valence-corrected chi connectivity index (χ3v) is 3.19. The molecule has 0 bridgehead atoms. The van der Waals surface area contributed by atoms with Gasteiger partial charge in [0.25, 0.3) is 0 Å². The van der Waals surface area contributed by atoms with Gasteiger partial charge < -0.3 is 10.7 Å². The summed E-state index contributed by atoms with van der Waals surface area (Å²) >= 11 is 0. The Balaban J connectivity index is 2.03. The molecule has 1 aliphatic carbocycles. The summed E-state index contributed by atoms with van der Waals surface area (Å²) in [6, 6.07) is 2.40. The largest absolute Gasteiger partial charge is 0.367 e. The zero-order valence-corrected chi connectivity index (χ0v) is 10.4. The van der Waals surface area contributed by atoms with Crippen LogP contribution in [-0.2, 0) is 0 Å². The molecule has 0 saturated heterocycles. The molecule has 5 nitrogen and oxygen atoms in total. The summed E-state index contributed by atoms with van der Waals surface area (Å²) in [5.41, 5.74) is 2.57. The number of hydrogen-bond donors (Lipinski definition) is 3. The number of hydrogen-bond acceptors (Lipinski definition) is 5. The Labute approximate surface area is 102 Å². The minimum Gasteiger partial charge on any atom is -0.367 e. The number of nitrogens with one attached hydrogen (secondary N) is 2. The smallest absolute Gasteiger partial charge is 0.145 e. The van der Waals surface area contributed by atoms with Crippen molar-refractivity contribution < 1.29 is 0 Å². The zero-order chi connectivity index (χ0) is 12.1. The van der Waals surface area contributed by atoms with Crippen LogP contribution in [0.25, 0.3) is 0 Å². The van der Waals surface area contributed by atoms with Crippen LogP contribution in [-0.4, -0.2) is 16.0 Å².